The van der Waals surface area contributed by atoms with Crippen molar-refractivity contribution in [1.82, 2.24) is 4.98 Å². The topological polar surface area (TPSA) is 48.4 Å². The van der Waals surface area contributed by atoms with Gasteiger partial charge in [0, 0.05) is 11.8 Å². The second-order valence-electron chi connectivity index (χ2n) is 3.01. The second-order valence-corrected chi connectivity index (χ2v) is 4.76. The average molecular weight is 333 g/mol. The normalized spacial score (nSPS) is 11.7. The molecule has 0 spiro atoms. The van der Waals surface area contributed by atoms with Crippen LogP contribution in [0.15, 0.2) is 24.9 Å². The van der Waals surface area contributed by atoms with Gasteiger partial charge in [-0.05, 0) is 41.6 Å². The van der Waals surface area contributed by atoms with E-state index in [2.05, 4.69) is 38.9 Å². The van der Waals surface area contributed by atoms with Crippen molar-refractivity contribution in [3.05, 3.63) is 36.2 Å². The van der Waals surface area contributed by atoms with Gasteiger partial charge < -0.3 is 9.47 Å². The predicted molar refractivity (Wildman–Crippen MR) is 69.2 cm³/mol. The molecule has 0 N–H and O–H groups in total. The first-order valence-corrected chi connectivity index (χ1v) is 5.83. The summed E-state index contributed by atoms with van der Waals surface area (Å²) in [5, 5.41) is 0. The third kappa shape index (κ3) is 3.48. The first kappa shape index (κ1) is 13.0. The molecule has 5 heteroatoms. The zero-order valence-electron chi connectivity index (χ0n) is 9.07. The van der Waals surface area contributed by atoms with Crippen LogP contribution in [0.25, 0.3) is 5.76 Å². The number of esters is 1. The summed E-state index contributed by atoms with van der Waals surface area (Å²) in [4.78, 5) is 15.1. The maximum absolute atomic E-state index is 11.1. The Morgan fingerprint density at radius 2 is 2.25 bits per heavy atom. The van der Waals surface area contributed by atoms with Crippen LogP contribution in [0.3, 0.4) is 0 Å². The number of alkyl halides is 1. The largest absolute Gasteiger partial charge is 0.480 e. The molecule has 1 atom stereocenters. The number of aromatic nitrogens is 1. The van der Waals surface area contributed by atoms with Crippen LogP contribution in [0.2, 0.25) is 0 Å². The number of carbonyl (C=O) groups excluding carboxylic acids is 1. The molecule has 0 aliphatic heterocycles. The maximum atomic E-state index is 11.1. The summed E-state index contributed by atoms with van der Waals surface area (Å²) < 4.78 is 9.98. The van der Waals surface area contributed by atoms with Crippen LogP contribution in [0.4, 0.5) is 0 Å². The molecule has 0 radical (unpaired) electrons. The molecular formula is C11H12INO3. The molecule has 1 heterocycles. The lowest BCUT2D eigenvalue weighted by atomic mass is 10.2. The van der Waals surface area contributed by atoms with Gasteiger partial charge in [0.1, 0.15) is 15.6 Å². The molecule has 0 amide bonds. The Kier molecular flexibility index (Phi) is 4.72. The smallest absolute Gasteiger partial charge is 0.356 e. The van der Waals surface area contributed by atoms with Gasteiger partial charge in [-0.3, -0.25) is 0 Å². The predicted octanol–water partition coefficient (Wildman–Crippen LogP) is 2.64. The fourth-order valence-electron chi connectivity index (χ4n) is 1.05. The summed E-state index contributed by atoms with van der Waals surface area (Å²) >= 11 is 2.13. The number of nitrogens with zero attached hydrogens (tertiary/aromatic N) is 1. The molecule has 0 fully saturated rings. The van der Waals surface area contributed by atoms with E-state index in [1.165, 1.54) is 13.3 Å². The minimum Gasteiger partial charge on any atom is -0.480 e. The average Bonchev–Trinajstić information content (AvgIpc) is 2.27. The summed E-state index contributed by atoms with van der Waals surface area (Å²) in [6.07, 6.45) is 1.54. The highest BCUT2D eigenvalue weighted by Gasteiger charge is 2.08. The van der Waals surface area contributed by atoms with Crippen LogP contribution in [-0.2, 0) is 9.47 Å². The van der Waals surface area contributed by atoms with E-state index in [0.29, 0.717) is 5.76 Å². The summed E-state index contributed by atoms with van der Waals surface area (Å²) in [5.74, 6) is 0.0751. The van der Waals surface area contributed by atoms with Crippen molar-refractivity contribution in [3.63, 3.8) is 0 Å². The van der Waals surface area contributed by atoms with Gasteiger partial charge in [-0.1, -0.05) is 6.58 Å². The molecule has 1 rings (SSSR count). The first-order chi connectivity index (χ1) is 7.54. The van der Waals surface area contributed by atoms with E-state index >= 15 is 0 Å². The minimum atomic E-state index is -0.458. The standard InChI is InChI=1S/C11H12INO3/c1-7(16-8(2)12)9-4-5-10(13-6-9)11(14)15-3/h4-6,8H,1H2,2-3H3. The highest BCUT2D eigenvalue weighted by atomic mass is 127. The van der Waals surface area contributed by atoms with Gasteiger partial charge in [-0.25, -0.2) is 9.78 Å². The van der Waals surface area contributed by atoms with Crippen LogP contribution in [-0.4, -0.2) is 22.2 Å². The van der Waals surface area contributed by atoms with Crippen molar-refractivity contribution >= 4 is 34.3 Å². The number of hydrogen-bond acceptors (Lipinski definition) is 4. The maximum Gasteiger partial charge on any atom is 0.356 e. The molecule has 0 aliphatic carbocycles. The number of methoxy groups -OCH3 is 1. The van der Waals surface area contributed by atoms with Crippen LogP contribution in [0, 0.1) is 0 Å². The van der Waals surface area contributed by atoms with Gasteiger partial charge >= 0.3 is 5.97 Å². The van der Waals surface area contributed by atoms with E-state index in [0.717, 1.165) is 5.56 Å². The number of pyridine rings is 1. The number of hydrogen-bond donors (Lipinski definition) is 0. The van der Waals surface area contributed by atoms with Crippen molar-refractivity contribution in [3.8, 4) is 0 Å². The van der Waals surface area contributed by atoms with E-state index in [4.69, 9.17) is 4.74 Å². The summed E-state index contributed by atoms with van der Waals surface area (Å²) in [6, 6.07) is 3.30. The molecule has 0 saturated carbocycles. The van der Waals surface area contributed by atoms with Gasteiger partial charge in [0.05, 0.1) is 7.11 Å². The Morgan fingerprint density at radius 3 is 2.69 bits per heavy atom. The Labute approximate surface area is 108 Å². The summed E-state index contributed by atoms with van der Waals surface area (Å²) in [7, 11) is 1.32. The van der Waals surface area contributed by atoms with E-state index in [1.54, 1.807) is 12.1 Å². The van der Waals surface area contributed by atoms with Crippen molar-refractivity contribution in [2.45, 2.75) is 11.0 Å². The lowest BCUT2D eigenvalue weighted by Crippen LogP contribution is -2.04. The van der Waals surface area contributed by atoms with Crippen molar-refractivity contribution in [1.29, 1.82) is 0 Å². The van der Waals surface area contributed by atoms with Gasteiger partial charge in [-0.15, -0.1) is 0 Å². The molecule has 1 unspecified atom stereocenters. The molecule has 1 aromatic heterocycles. The zero-order valence-corrected chi connectivity index (χ0v) is 11.2. The Hall–Kier alpha value is -1.11. The molecular weight excluding hydrogens is 321 g/mol. The number of halogens is 1. The molecule has 86 valence electrons. The van der Waals surface area contributed by atoms with Crippen LogP contribution >= 0.6 is 22.6 Å². The van der Waals surface area contributed by atoms with E-state index < -0.39 is 5.97 Å². The minimum absolute atomic E-state index is 0.0328. The van der Waals surface area contributed by atoms with Gasteiger partial charge in [0.2, 0.25) is 0 Å². The quantitative estimate of drug-likeness (QED) is 0.368. The van der Waals surface area contributed by atoms with Crippen LogP contribution in [0.1, 0.15) is 23.0 Å². The zero-order chi connectivity index (χ0) is 12.1. The number of rotatable bonds is 4. The SMILES string of the molecule is C=C(OC(C)I)c1ccc(C(=O)OC)nc1. The van der Waals surface area contributed by atoms with Crippen LogP contribution in [0.5, 0.6) is 0 Å². The van der Waals surface area contributed by atoms with Gasteiger partial charge in [0.15, 0.2) is 0 Å². The van der Waals surface area contributed by atoms with Gasteiger partial charge in [-0.2, -0.15) is 0 Å². The number of ether oxygens (including phenoxy) is 2. The third-order valence-electron chi connectivity index (χ3n) is 1.78. The number of carbonyl (C=O) groups is 1. The van der Waals surface area contributed by atoms with Crippen molar-refractivity contribution in [2.75, 3.05) is 7.11 Å². The summed E-state index contributed by atoms with van der Waals surface area (Å²) in [5.41, 5.74) is 1.01. The second kappa shape index (κ2) is 5.83. The molecule has 0 aliphatic rings. The molecule has 0 saturated heterocycles. The molecule has 0 bridgehead atoms. The fraction of sp³-hybridized carbons (Fsp3) is 0.273. The highest BCUT2D eigenvalue weighted by molar-refractivity contribution is 14.1. The Balaban J connectivity index is 2.78. The van der Waals surface area contributed by atoms with E-state index in [-0.39, 0.29) is 9.80 Å². The molecule has 4 nitrogen and oxygen atoms in total. The van der Waals surface area contributed by atoms with Crippen molar-refractivity contribution < 1.29 is 14.3 Å². The molecule has 0 aromatic carbocycles. The monoisotopic (exact) mass is 333 g/mol. The Morgan fingerprint density at radius 1 is 1.56 bits per heavy atom. The fourth-order valence-corrected chi connectivity index (χ4v) is 1.36. The molecule has 1 aromatic rings. The highest BCUT2D eigenvalue weighted by Crippen LogP contribution is 2.17. The van der Waals surface area contributed by atoms with Crippen molar-refractivity contribution in [2.24, 2.45) is 0 Å². The van der Waals surface area contributed by atoms with E-state index in [9.17, 15) is 4.79 Å². The first-order valence-electron chi connectivity index (χ1n) is 4.59. The third-order valence-corrected chi connectivity index (χ3v) is 2.04. The van der Waals surface area contributed by atoms with Crippen LogP contribution < -0.4 is 0 Å². The summed E-state index contributed by atoms with van der Waals surface area (Å²) in [6.45, 7) is 5.68. The van der Waals surface area contributed by atoms with Gasteiger partial charge in [0.25, 0.3) is 0 Å². The Bertz CT molecular complexity index is 387. The lowest BCUT2D eigenvalue weighted by molar-refractivity contribution is 0.0594. The lowest BCUT2D eigenvalue weighted by Gasteiger charge is -2.10. The molecule has 16 heavy (non-hydrogen) atoms. The van der Waals surface area contributed by atoms with E-state index in [1.807, 2.05) is 6.92 Å².